The highest BCUT2D eigenvalue weighted by molar-refractivity contribution is 7.92. The van der Waals surface area contributed by atoms with Crippen LogP contribution in [0, 0.1) is 0 Å². The molecule has 6 heteroatoms. The van der Waals surface area contributed by atoms with Crippen molar-refractivity contribution in [2.45, 2.75) is 11.7 Å². The molecule has 1 rings (SSSR count). The van der Waals surface area contributed by atoms with E-state index in [1.54, 1.807) is 18.3 Å². The van der Waals surface area contributed by atoms with E-state index in [4.69, 9.17) is 5.11 Å². The third-order valence-corrected chi connectivity index (χ3v) is 3.34. The molecule has 1 N–H and O–H groups in total. The Balaban J connectivity index is 2.92. The van der Waals surface area contributed by atoms with Crippen LogP contribution in [0.4, 0.5) is 0 Å². The molecule has 0 saturated carbocycles. The smallest absolute Gasteiger partial charge is 0.322 e. The fraction of sp³-hybridized carbons (Fsp3) is 0.333. The van der Waals surface area contributed by atoms with E-state index in [1.807, 2.05) is 0 Å². The van der Waals surface area contributed by atoms with Crippen molar-refractivity contribution < 1.29 is 18.3 Å². The number of pyridine rings is 1. The van der Waals surface area contributed by atoms with Gasteiger partial charge in [-0.15, -0.1) is 0 Å². The Hall–Kier alpha value is -1.43. The van der Waals surface area contributed by atoms with Crippen LogP contribution in [0.2, 0.25) is 0 Å². The van der Waals surface area contributed by atoms with Crippen LogP contribution < -0.4 is 0 Å². The molecular weight excluding hydrogens is 218 g/mol. The van der Waals surface area contributed by atoms with Crippen molar-refractivity contribution in [3.8, 4) is 0 Å². The minimum absolute atomic E-state index is 0.0536. The molecule has 1 aromatic heterocycles. The third-order valence-electron chi connectivity index (χ3n) is 1.94. The Kier molecular flexibility index (Phi) is 3.41. The van der Waals surface area contributed by atoms with E-state index in [2.05, 4.69) is 4.98 Å². The summed E-state index contributed by atoms with van der Waals surface area (Å²) < 4.78 is 22.4. The Morgan fingerprint density at radius 2 is 2.27 bits per heavy atom. The van der Waals surface area contributed by atoms with Gasteiger partial charge in [0, 0.05) is 25.1 Å². The van der Waals surface area contributed by atoms with Crippen LogP contribution in [0.25, 0.3) is 0 Å². The van der Waals surface area contributed by atoms with E-state index in [0.29, 0.717) is 5.56 Å². The summed E-state index contributed by atoms with van der Waals surface area (Å²) in [7, 11) is -3.59. The van der Waals surface area contributed by atoms with Crippen molar-refractivity contribution in [2.75, 3.05) is 6.26 Å². The van der Waals surface area contributed by atoms with Crippen molar-refractivity contribution in [2.24, 2.45) is 0 Å². The summed E-state index contributed by atoms with van der Waals surface area (Å²) in [6, 6.07) is 3.28. The first-order chi connectivity index (χ1) is 6.91. The maximum Gasteiger partial charge on any atom is 0.322 e. The van der Waals surface area contributed by atoms with Crippen LogP contribution in [0.1, 0.15) is 5.56 Å². The number of carbonyl (C=O) groups is 1. The van der Waals surface area contributed by atoms with E-state index in [1.165, 1.54) is 6.20 Å². The van der Waals surface area contributed by atoms with Crippen LogP contribution in [0.3, 0.4) is 0 Å². The fourth-order valence-corrected chi connectivity index (χ4v) is 2.02. The Morgan fingerprint density at radius 1 is 1.60 bits per heavy atom. The van der Waals surface area contributed by atoms with Gasteiger partial charge >= 0.3 is 5.97 Å². The van der Waals surface area contributed by atoms with E-state index < -0.39 is 21.1 Å². The molecule has 0 spiro atoms. The topological polar surface area (TPSA) is 84.3 Å². The van der Waals surface area contributed by atoms with Gasteiger partial charge in [-0.3, -0.25) is 9.78 Å². The van der Waals surface area contributed by atoms with E-state index in [-0.39, 0.29) is 6.42 Å². The lowest BCUT2D eigenvalue weighted by molar-refractivity contribution is -0.136. The molecule has 82 valence electrons. The average molecular weight is 229 g/mol. The molecule has 0 amide bonds. The molecule has 0 fully saturated rings. The quantitative estimate of drug-likeness (QED) is 0.792. The van der Waals surface area contributed by atoms with Gasteiger partial charge in [0.05, 0.1) is 0 Å². The number of nitrogens with zero attached hydrogens (tertiary/aromatic N) is 1. The van der Waals surface area contributed by atoms with Gasteiger partial charge in [0.2, 0.25) is 0 Å². The third kappa shape index (κ3) is 3.32. The number of carboxylic acids is 1. The Bertz CT molecular complexity index is 440. The first kappa shape index (κ1) is 11.6. The highest BCUT2D eigenvalue weighted by Crippen LogP contribution is 2.08. The van der Waals surface area contributed by atoms with Gasteiger partial charge in [-0.1, -0.05) is 6.07 Å². The summed E-state index contributed by atoms with van der Waals surface area (Å²) >= 11 is 0. The van der Waals surface area contributed by atoms with E-state index in [0.717, 1.165) is 6.26 Å². The normalized spacial score (nSPS) is 13.4. The van der Waals surface area contributed by atoms with E-state index in [9.17, 15) is 13.2 Å². The summed E-state index contributed by atoms with van der Waals surface area (Å²) in [5.41, 5.74) is 0.593. The van der Waals surface area contributed by atoms with Gasteiger partial charge < -0.3 is 5.11 Å². The molecule has 0 aromatic carbocycles. The zero-order valence-electron chi connectivity index (χ0n) is 8.12. The lowest BCUT2D eigenvalue weighted by Crippen LogP contribution is -2.31. The largest absolute Gasteiger partial charge is 0.480 e. The first-order valence-electron chi connectivity index (χ1n) is 4.22. The lowest BCUT2D eigenvalue weighted by Gasteiger charge is -2.09. The molecule has 1 heterocycles. The molecule has 1 aromatic rings. The summed E-state index contributed by atoms with van der Waals surface area (Å²) in [5, 5.41) is 7.37. The number of rotatable bonds is 4. The average Bonchev–Trinajstić information content (AvgIpc) is 2.13. The van der Waals surface area contributed by atoms with Gasteiger partial charge in [-0.25, -0.2) is 8.42 Å². The second kappa shape index (κ2) is 4.39. The fourth-order valence-electron chi connectivity index (χ4n) is 1.15. The highest BCUT2D eigenvalue weighted by Gasteiger charge is 2.28. The highest BCUT2D eigenvalue weighted by atomic mass is 32.2. The maximum absolute atomic E-state index is 11.2. The van der Waals surface area contributed by atoms with Crippen molar-refractivity contribution in [1.29, 1.82) is 0 Å². The summed E-state index contributed by atoms with van der Waals surface area (Å²) in [5.74, 6) is -1.33. The van der Waals surface area contributed by atoms with Crippen LogP contribution in [0.5, 0.6) is 0 Å². The Labute approximate surface area is 87.7 Å². The summed E-state index contributed by atoms with van der Waals surface area (Å²) in [6.45, 7) is 0. The zero-order valence-corrected chi connectivity index (χ0v) is 8.94. The molecule has 0 saturated heterocycles. The van der Waals surface area contributed by atoms with Crippen molar-refractivity contribution in [1.82, 2.24) is 4.98 Å². The molecule has 0 bridgehead atoms. The van der Waals surface area contributed by atoms with Crippen LogP contribution in [-0.2, 0) is 21.1 Å². The number of hydrogen-bond donors (Lipinski definition) is 1. The van der Waals surface area contributed by atoms with Gasteiger partial charge in [0.1, 0.15) is 0 Å². The summed E-state index contributed by atoms with van der Waals surface area (Å²) in [4.78, 5) is 14.5. The maximum atomic E-state index is 11.2. The number of carboxylic acid groups (broad SMARTS) is 1. The number of hydrogen-bond acceptors (Lipinski definition) is 4. The Morgan fingerprint density at radius 3 is 2.67 bits per heavy atom. The second-order valence-corrected chi connectivity index (χ2v) is 5.45. The molecule has 5 nitrogen and oxygen atoms in total. The van der Waals surface area contributed by atoms with Crippen molar-refractivity contribution in [3.05, 3.63) is 30.1 Å². The predicted molar refractivity (Wildman–Crippen MR) is 54.2 cm³/mol. The first-order valence-corrected chi connectivity index (χ1v) is 6.17. The molecule has 15 heavy (non-hydrogen) atoms. The molecular formula is C9H11NO4S. The van der Waals surface area contributed by atoms with Gasteiger partial charge in [-0.2, -0.15) is 0 Å². The SMILES string of the molecule is CS(=O)(=O)C(Cc1cccnc1)C(=O)O. The van der Waals surface area contributed by atoms with E-state index >= 15 is 0 Å². The standard InChI is InChI=1S/C9H11NO4S/c1-15(13,14)8(9(11)12)5-7-3-2-4-10-6-7/h2-4,6,8H,5H2,1H3,(H,11,12). The van der Waals surface area contributed by atoms with Gasteiger partial charge in [-0.05, 0) is 11.6 Å². The second-order valence-electron chi connectivity index (χ2n) is 3.22. The van der Waals surface area contributed by atoms with Gasteiger partial charge in [0.15, 0.2) is 15.1 Å². The van der Waals surface area contributed by atoms with Crippen molar-refractivity contribution in [3.63, 3.8) is 0 Å². The van der Waals surface area contributed by atoms with Gasteiger partial charge in [0.25, 0.3) is 0 Å². The van der Waals surface area contributed by atoms with Crippen LogP contribution in [-0.4, -0.2) is 36.0 Å². The molecule has 0 aliphatic heterocycles. The number of aliphatic carboxylic acids is 1. The summed E-state index contributed by atoms with van der Waals surface area (Å²) in [6.07, 6.45) is 3.87. The van der Waals surface area contributed by atoms with Crippen LogP contribution >= 0.6 is 0 Å². The monoisotopic (exact) mass is 229 g/mol. The van der Waals surface area contributed by atoms with Crippen LogP contribution in [0.15, 0.2) is 24.5 Å². The minimum atomic E-state index is -3.59. The molecule has 1 unspecified atom stereocenters. The number of aromatic nitrogens is 1. The zero-order chi connectivity index (χ0) is 11.5. The molecule has 0 aliphatic carbocycles. The molecule has 0 radical (unpaired) electrons. The lowest BCUT2D eigenvalue weighted by atomic mass is 10.1. The minimum Gasteiger partial charge on any atom is -0.480 e. The molecule has 1 atom stereocenters. The molecule has 0 aliphatic rings. The van der Waals surface area contributed by atoms with Crippen molar-refractivity contribution >= 4 is 15.8 Å². The number of sulfone groups is 1. The predicted octanol–water partition coefficient (Wildman–Crippen LogP) is 0.122.